The van der Waals surface area contributed by atoms with Crippen molar-refractivity contribution in [2.45, 2.75) is 208 Å². The summed E-state index contributed by atoms with van der Waals surface area (Å²) in [5, 5.41) is 0. The first-order chi connectivity index (χ1) is 22.7. The van der Waals surface area contributed by atoms with Crippen LogP contribution in [0.5, 0.6) is 0 Å². The Morgan fingerprint density at radius 2 is 1.49 bits per heavy atom. The van der Waals surface area contributed by atoms with Crippen molar-refractivity contribution >= 4 is 5.97 Å². The Morgan fingerprint density at radius 3 is 2.19 bits per heavy atom. The van der Waals surface area contributed by atoms with Crippen LogP contribution in [0.2, 0.25) is 0 Å². The summed E-state index contributed by atoms with van der Waals surface area (Å²) >= 11 is 0. The molecule has 4 rings (SSSR count). The zero-order chi connectivity index (χ0) is 33.7. The molecule has 2 nitrogen and oxygen atoms in total. The molecule has 2 heteroatoms. The summed E-state index contributed by atoms with van der Waals surface area (Å²) in [4.78, 5) is 12.8. The number of unbranched alkanes of at least 4 members (excludes halogenated alkanes) is 11. The Labute approximate surface area is 293 Å². The van der Waals surface area contributed by atoms with Crippen LogP contribution >= 0.6 is 0 Å². The van der Waals surface area contributed by atoms with Crippen molar-refractivity contribution in [3.05, 3.63) is 23.8 Å². The van der Waals surface area contributed by atoms with Gasteiger partial charge >= 0.3 is 5.97 Å². The van der Waals surface area contributed by atoms with Crippen LogP contribution in [0.3, 0.4) is 0 Å². The van der Waals surface area contributed by atoms with Crippen LogP contribution in [-0.2, 0) is 9.53 Å². The molecule has 270 valence electrons. The normalized spacial score (nSPS) is 32.6. The van der Waals surface area contributed by atoms with E-state index in [4.69, 9.17) is 4.74 Å². The molecule has 0 aliphatic heterocycles. The molecule has 0 aromatic rings. The van der Waals surface area contributed by atoms with E-state index in [1.54, 1.807) is 5.57 Å². The van der Waals surface area contributed by atoms with Gasteiger partial charge in [0.15, 0.2) is 0 Å². The lowest BCUT2D eigenvalue weighted by Gasteiger charge is -2.58. The van der Waals surface area contributed by atoms with Gasteiger partial charge in [-0.1, -0.05) is 136 Å². The summed E-state index contributed by atoms with van der Waals surface area (Å²) in [6.07, 6.45) is 39.4. The van der Waals surface area contributed by atoms with Gasteiger partial charge in [-0.05, 0) is 123 Å². The molecule has 0 amide bonds. The molecule has 8 atom stereocenters. The molecular formula is C45H78O2. The molecule has 3 fully saturated rings. The summed E-state index contributed by atoms with van der Waals surface area (Å²) in [7, 11) is 0. The fourth-order valence-corrected chi connectivity index (χ4v) is 11.3. The van der Waals surface area contributed by atoms with Gasteiger partial charge in [0.25, 0.3) is 0 Å². The van der Waals surface area contributed by atoms with Crippen molar-refractivity contribution < 1.29 is 9.53 Å². The first-order valence-electron chi connectivity index (χ1n) is 21.2. The van der Waals surface area contributed by atoms with Crippen LogP contribution in [0.4, 0.5) is 0 Å². The number of carbonyl (C=O) groups excluding carboxylic acids is 1. The average molecular weight is 651 g/mol. The second kappa shape index (κ2) is 19.4. The summed E-state index contributed by atoms with van der Waals surface area (Å²) in [5.74, 6) is 5.32. The molecule has 0 spiro atoms. The van der Waals surface area contributed by atoms with Crippen molar-refractivity contribution in [2.24, 2.45) is 46.3 Å². The van der Waals surface area contributed by atoms with Crippen LogP contribution in [0.1, 0.15) is 202 Å². The third kappa shape index (κ3) is 10.7. The van der Waals surface area contributed by atoms with Crippen LogP contribution in [0.25, 0.3) is 0 Å². The van der Waals surface area contributed by atoms with E-state index in [1.165, 1.54) is 135 Å². The number of ether oxygens (including phenoxy) is 1. The molecule has 0 N–H and O–H groups in total. The predicted molar refractivity (Wildman–Crippen MR) is 202 cm³/mol. The van der Waals surface area contributed by atoms with Gasteiger partial charge in [-0.25, -0.2) is 0 Å². The third-order valence-electron chi connectivity index (χ3n) is 14.2. The highest BCUT2D eigenvalue weighted by Gasteiger charge is 2.59. The number of fused-ring (bicyclic) bond motifs is 5. The van der Waals surface area contributed by atoms with Gasteiger partial charge in [0.05, 0.1) is 0 Å². The van der Waals surface area contributed by atoms with E-state index in [-0.39, 0.29) is 12.1 Å². The Hall–Kier alpha value is -1.05. The maximum Gasteiger partial charge on any atom is 0.306 e. The summed E-state index contributed by atoms with van der Waals surface area (Å²) in [6.45, 7) is 14.9. The minimum atomic E-state index is 0.0577. The van der Waals surface area contributed by atoms with Gasteiger partial charge in [-0.2, -0.15) is 0 Å². The van der Waals surface area contributed by atoms with Crippen molar-refractivity contribution in [1.29, 1.82) is 0 Å². The average Bonchev–Trinajstić information content (AvgIpc) is 3.40. The van der Waals surface area contributed by atoms with Crippen LogP contribution in [-0.4, -0.2) is 12.1 Å². The molecule has 0 aromatic heterocycles. The Bertz CT molecular complexity index is 976. The van der Waals surface area contributed by atoms with E-state index in [2.05, 4.69) is 59.8 Å². The van der Waals surface area contributed by atoms with Gasteiger partial charge in [-0.15, -0.1) is 0 Å². The maximum absolute atomic E-state index is 12.8. The summed E-state index contributed by atoms with van der Waals surface area (Å²) in [5.41, 5.74) is 2.53. The fourth-order valence-electron chi connectivity index (χ4n) is 11.3. The second-order valence-electron chi connectivity index (χ2n) is 18.0. The van der Waals surface area contributed by atoms with Gasteiger partial charge in [0, 0.05) is 12.8 Å². The van der Waals surface area contributed by atoms with Gasteiger partial charge in [-0.3, -0.25) is 4.79 Å². The first kappa shape index (κ1) is 38.7. The van der Waals surface area contributed by atoms with Crippen molar-refractivity contribution in [1.82, 2.24) is 0 Å². The molecule has 0 bridgehead atoms. The van der Waals surface area contributed by atoms with E-state index in [1.807, 2.05) is 0 Å². The molecular weight excluding hydrogens is 572 g/mol. The SMILES string of the molecule is CCCCCCC=CCCCCCCCCCC(=O)O[C@H]1CC[C@@]2(C)C(=CC[C@H]3[C@@H]4CC[C@H]([C@H](C)CCCC(C)C)[C@@]4(C)CC[C@@H]32)C1. The number of carbonyl (C=O) groups is 1. The molecule has 3 saturated carbocycles. The Morgan fingerprint density at radius 1 is 0.809 bits per heavy atom. The fraction of sp³-hybridized carbons (Fsp3) is 0.889. The largest absolute Gasteiger partial charge is 0.462 e. The van der Waals surface area contributed by atoms with Crippen LogP contribution < -0.4 is 0 Å². The number of rotatable bonds is 21. The topological polar surface area (TPSA) is 26.3 Å². The van der Waals surface area contributed by atoms with Crippen LogP contribution in [0.15, 0.2) is 23.8 Å². The second-order valence-corrected chi connectivity index (χ2v) is 18.0. The molecule has 0 aromatic carbocycles. The van der Waals surface area contributed by atoms with E-state index < -0.39 is 0 Å². The number of allylic oxidation sites excluding steroid dienone is 3. The molecule has 0 heterocycles. The standard InChI is InChI=1S/C45H78O2/c1-7-8-9-10-11-12-13-14-15-16-17-18-19-20-21-25-43(46)47-38-30-32-44(5)37(34-38)26-27-39-41-29-28-40(36(4)24-22-23-35(2)3)45(41,6)33-31-42(39)44/h12-13,26,35-36,38-42H,7-11,14-25,27-34H2,1-6H3/t36-,38+,39+,40-,41+,42+,44+,45-/m1/s1. The van der Waals surface area contributed by atoms with E-state index in [9.17, 15) is 4.79 Å². The van der Waals surface area contributed by atoms with Gasteiger partial charge in [0.2, 0.25) is 0 Å². The molecule has 0 saturated heterocycles. The predicted octanol–water partition coefficient (Wildman–Crippen LogP) is 14.0. The molecule has 0 unspecified atom stereocenters. The molecule has 4 aliphatic rings. The minimum Gasteiger partial charge on any atom is -0.462 e. The highest BCUT2D eigenvalue weighted by Crippen LogP contribution is 2.67. The minimum absolute atomic E-state index is 0.0577. The summed E-state index contributed by atoms with van der Waals surface area (Å²) < 4.78 is 6.13. The zero-order valence-electron chi connectivity index (χ0n) is 32.3. The van der Waals surface area contributed by atoms with Crippen molar-refractivity contribution in [3.8, 4) is 0 Å². The zero-order valence-corrected chi connectivity index (χ0v) is 32.3. The van der Waals surface area contributed by atoms with Crippen molar-refractivity contribution in [2.75, 3.05) is 0 Å². The van der Waals surface area contributed by atoms with Gasteiger partial charge < -0.3 is 4.74 Å². The smallest absolute Gasteiger partial charge is 0.306 e. The van der Waals surface area contributed by atoms with Crippen molar-refractivity contribution in [3.63, 3.8) is 0 Å². The quantitative estimate of drug-likeness (QED) is 0.0702. The highest BCUT2D eigenvalue weighted by molar-refractivity contribution is 5.69. The lowest BCUT2D eigenvalue weighted by molar-refractivity contribution is -0.151. The number of hydrogen-bond donors (Lipinski definition) is 0. The lowest BCUT2D eigenvalue weighted by atomic mass is 9.47. The van der Waals surface area contributed by atoms with Crippen LogP contribution in [0, 0.1) is 46.3 Å². The van der Waals surface area contributed by atoms with E-state index >= 15 is 0 Å². The van der Waals surface area contributed by atoms with E-state index in [0.29, 0.717) is 17.3 Å². The van der Waals surface area contributed by atoms with E-state index in [0.717, 1.165) is 54.8 Å². The number of hydrogen-bond acceptors (Lipinski definition) is 2. The molecule has 47 heavy (non-hydrogen) atoms. The lowest BCUT2D eigenvalue weighted by Crippen LogP contribution is -2.51. The van der Waals surface area contributed by atoms with Gasteiger partial charge in [0.1, 0.15) is 6.10 Å². The number of esters is 1. The monoisotopic (exact) mass is 651 g/mol. The molecule has 0 radical (unpaired) electrons. The maximum atomic E-state index is 12.8. The first-order valence-corrected chi connectivity index (χ1v) is 21.2. The third-order valence-corrected chi connectivity index (χ3v) is 14.2. The Balaban J connectivity index is 1.11. The highest BCUT2D eigenvalue weighted by atomic mass is 16.5. The molecule has 4 aliphatic carbocycles. The Kier molecular flexibility index (Phi) is 16.0. The summed E-state index contributed by atoms with van der Waals surface area (Å²) in [6, 6.07) is 0.